The predicted molar refractivity (Wildman–Crippen MR) is 65.0 cm³/mol. The number of nitrogens with two attached hydrogens (primary N) is 1. The van der Waals surface area contributed by atoms with E-state index in [1.165, 1.54) is 0 Å². The van der Waals surface area contributed by atoms with Crippen LogP contribution in [-0.2, 0) is 11.3 Å². The number of carbonyl (C=O) groups excluding carboxylic acids is 1. The highest BCUT2D eigenvalue weighted by atomic mass is 16.2. The van der Waals surface area contributed by atoms with Crippen molar-refractivity contribution in [2.24, 2.45) is 0 Å². The van der Waals surface area contributed by atoms with Crippen molar-refractivity contribution in [1.82, 2.24) is 9.47 Å². The van der Waals surface area contributed by atoms with Crippen molar-refractivity contribution in [1.29, 1.82) is 0 Å². The number of amides is 1. The van der Waals surface area contributed by atoms with Gasteiger partial charge in [0.25, 0.3) is 0 Å². The molecular weight excluding hydrogens is 202 g/mol. The Balaban J connectivity index is 2.42. The number of benzene rings is 1. The molecule has 0 aliphatic carbocycles. The summed E-state index contributed by atoms with van der Waals surface area (Å²) in [5.41, 5.74) is 7.54. The predicted octanol–water partition coefficient (Wildman–Crippen LogP) is 1.31. The molecule has 1 amide bonds. The Kier molecular flexibility index (Phi) is 2.56. The number of para-hydroxylation sites is 1. The summed E-state index contributed by atoms with van der Waals surface area (Å²) in [5.74, 6) is 0.0563. The molecule has 0 saturated heterocycles. The molecule has 16 heavy (non-hydrogen) atoms. The molecule has 2 aromatic rings. The van der Waals surface area contributed by atoms with E-state index < -0.39 is 0 Å². The van der Waals surface area contributed by atoms with E-state index in [9.17, 15) is 4.79 Å². The van der Waals surface area contributed by atoms with E-state index in [0.717, 1.165) is 10.9 Å². The molecule has 4 heteroatoms. The van der Waals surface area contributed by atoms with Crippen LogP contribution in [0.25, 0.3) is 10.9 Å². The van der Waals surface area contributed by atoms with Gasteiger partial charge < -0.3 is 15.2 Å². The molecule has 2 rings (SSSR count). The molecular formula is C12H15N3O. The SMILES string of the molecule is CN(C)C(=O)Cn1ccc2cccc(N)c21. The van der Waals surface area contributed by atoms with Gasteiger partial charge in [0.2, 0.25) is 5.91 Å². The van der Waals surface area contributed by atoms with Gasteiger partial charge in [0, 0.05) is 25.7 Å². The maximum Gasteiger partial charge on any atom is 0.241 e. The number of carbonyl (C=O) groups is 1. The van der Waals surface area contributed by atoms with Gasteiger partial charge in [-0.15, -0.1) is 0 Å². The number of aromatic nitrogens is 1. The Bertz CT molecular complexity index is 528. The monoisotopic (exact) mass is 217 g/mol. The van der Waals surface area contributed by atoms with Crippen LogP contribution in [0.3, 0.4) is 0 Å². The average Bonchev–Trinajstić information content (AvgIpc) is 2.63. The third-order valence-electron chi connectivity index (χ3n) is 2.62. The zero-order valence-electron chi connectivity index (χ0n) is 9.47. The molecule has 0 aliphatic heterocycles. The first-order valence-electron chi connectivity index (χ1n) is 5.13. The van der Waals surface area contributed by atoms with Crippen LogP contribution in [-0.4, -0.2) is 29.5 Å². The van der Waals surface area contributed by atoms with Crippen LogP contribution in [0.5, 0.6) is 0 Å². The average molecular weight is 217 g/mol. The van der Waals surface area contributed by atoms with Crippen molar-refractivity contribution in [3.63, 3.8) is 0 Å². The Morgan fingerprint density at radius 3 is 2.81 bits per heavy atom. The molecule has 0 saturated carbocycles. The maximum absolute atomic E-state index is 11.6. The molecule has 4 nitrogen and oxygen atoms in total. The molecule has 1 aromatic carbocycles. The third-order valence-corrected chi connectivity index (χ3v) is 2.62. The number of nitrogen functional groups attached to an aromatic ring is 1. The summed E-state index contributed by atoms with van der Waals surface area (Å²) in [7, 11) is 3.49. The lowest BCUT2D eigenvalue weighted by Crippen LogP contribution is -2.26. The molecule has 0 bridgehead atoms. The summed E-state index contributed by atoms with van der Waals surface area (Å²) < 4.78 is 1.88. The number of rotatable bonds is 2. The van der Waals surface area contributed by atoms with Crippen molar-refractivity contribution < 1.29 is 4.79 Å². The Morgan fingerprint density at radius 1 is 1.38 bits per heavy atom. The largest absolute Gasteiger partial charge is 0.397 e. The molecule has 0 fully saturated rings. The highest BCUT2D eigenvalue weighted by Crippen LogP contribution is 2.21. The highest BCUT2D eigenvalue weighted by Gasteiger charge is 2.09. The Morgan fingerprint density at radius 2 is 2.12 bits per heavy atom. The molecule has 2 N–H and O–H groups in total. The zero-order valence-corrected chi connectivity index (χ0v) is 9.47. The van der Waals surface area contributed by atoms with Crippen molar-refractivity contribution >= 4 is 22.5 Å². The second-order valence-electron chi connectivity index (χ2n) is 4.02. The molecule has 84 valence electrons. The van der Waals surface area contributed by atoms with E-state index in [1.807, 2.05) is 35.0 Å². The second kappa shape index (κ2) is 3.89. The fraction of sp³-hybridized carbons (Fsp3) is 0.250. The summed E-state index contributed by atoms with van der Waals surface area (Å²) in [6.45, 7) is 0.324. The fourth-order valence-corrected chi connectivity index (χ4v) is 1.71. The van der Waals surface area contributed by atoms with Gasteiger partial charge in [-0.1, -0.05) is 12.1 Å². The van der Waals surface area contributed by atoms with Crippen LogP contribution in [0.2, 0.25) is 0 Å². The normalized spacial score (nSPS) is 10.6. The lowest BCUT2D eigenvalue weighted by Gasteiger charge is -2.12. The van der Waals surface area contributed by atoms with Crippen molar-refractivity contribution in [2.75, 3.05) is 19.8 Å². The lowest BCUT2D eigenvalue weighted by molar-refractivity contribution is -0.129. The number of anilines is 1. The molecule has 0 aliphatic rings. The van der Waals surface area contributed by atoms with Crippen LogP contribution in [0, 0.1) is 0 Å². The van der Waals surface area contributed by atoms with Gasteiger partial charge in [0.05, 0.1) is 11.2 Å². The first-order valence-corrected chi connectivity index (χ1v) is 5.13. The molecule has 0 spiro atoms. The van der Waals surface area contributed by atoms with Crippen LogP contribution in [0.15, 0.2) is 30.5 Å². The van der Waals surface area contributed by atoms with Crippen LogP contribution in [0.1, 0.15) is 0 Å². The summed E-state index contributed by atoms with van der Waals surface area (Å²) in [6, 6.07) is 7.71. The molecule has 1 heterocycles. The van der Waals surface area contributed by atoms with Crippen molar-refractivity contribution in [2.45, 2.75) is 6.54 Å². The quantitative estimate of drug-likeness (QED) is 0.771. The number of fused-ring (bicyclic) bond motifs is 1. The van der Waals surface area contributed by atoms with E-state index in [4.69, 9.17) is 5.73 Å². The minimum atomic E-state index is 0.0563. The smallest absolute Gasteiger partial charge is 0.241 e. The summed E-state index contributed by atoms with van der Waals surface area (Å²) in [5, 5.41) is 1.06. The minimum absolute atomic E-state index is 0.0563. The van der Waals surface area contributed by atoms with Crippen LogP contribution in [0.4, 0.5) is 5.69 Å². The molecule has 0 radical (unpaired) electrons. The second-order valence-corrected chi connectivity index (χ2v) is 4.02. The van der Waals surface area contributed by atoms with E-state index in [2.05, 4.69) is 0 Å². The third kappa shape index (κ3) is 1.74. The van der Waals surface area contributed by atoms with E-state index >= 15 is 0 Å². The lowest BCUT2D eigenvalue weighted by atomic mass is 10.2. The van der Waals surface area contributed by atoms with Crippen molar-refractivity contribution in [3.8, 4) is 0 Å². The Labute approximate surface area is 94.3 Å². The summed E-state index contributed by atoms with van der Waals surface area (Å²) >= 11 is 0. The number of hydrogen-bond acceptors (Lipinski definition) is 2. The molecule has 1 aromatic heterocycles. The maximum atomic E-state index is 11.6. The summed E-state index contributed by atoms with van der Waals surface area (Å²) in [6.07, 6.45) is 1.89. The fourth-order valence-electron chi connectivity index (χ4n) is 1.71. The number of hydrogen-bond donors (Lipinski definition) is 1. The standard InChI is InChI=1S/C12H15N3O/c1-14(2)11(16)8-15-7-6-9-4-3-5-10(13)12(9)15/h3-7H,8,13H2,1-2H3. The van der Waals surface area contributed by atoms with Gasteiger partial charge in [-0.05, 0) is 12.1 Å². The van der Waals surface area contributed by atoms with Crippen LogP contribution >= 0.6 is 0 Å². The highest BCUT2D eigenvalue weighted by molar-refractivity contribution is 5.91. The van der Waals surface area contributed by atoms with E-state index in [0.29, 0.717) is 12.2 Å². The minimum Gasteiger partial charge on any atom is -0.397 e. The first kappa shape index (κ1) is 10.5. The Hall–Kier alpha value is -1.97. The molecule has 0 unspecified atom stereocenters. The van der Waals surface area contributed by atoms with E-state index in [1.54, 1.807) is 19.0 Å². The topological polar surface area (TPSA) is 51.3 Å². The molecule has 0 atom stereocenters. The van der Waals surface area contributed by atoms with E-state index in [-0.39, 0.29) is 5.91 Å². The van der Waals surface area contributed by atoms with Crippen molar-refractivity contribution in [3.05, 3.63) is 30.5 Å². The number of likely N-dealkylation sites (N-methyl/N-ethyl adjacent to an activating group) is 1. The summed E-state index contributed by atoms with van der Waals surface area (Å²) in [4.78, 5) is 13.2. The van der Waals surface area contributed by atoms with Gasteiger partial charge in [0.15, 0.2) is 0 Å². The zero-order chi connectivity index (χ0) is 11.7. The van der Waals surface area contributed by atoms with Gasteiger partial charge in [0.1, 0.15) is 6.54 Å². The van der Waals surface area contributed by atoms with Crippen LogP contribution < -0.4 is 5.73 Å². The number of nitrogens with zero attached hydrogens (tertiary/aromatic N) is 2. The van der Waals surface area contributed by atoms with Gasteiger partial charge in [-0.2, -0.15) is 0 Å². The van der Waals surface area contributed by atoms with Gasteiger partial charge in [-0.3, -0.25) is 4.79 Å². The van der Waals surface area contributed by atoms with Gasteiger partial charge >= 0.3 is 0 Å². The first-order chi connectivity index (χ1) is 7.59. The van der Waals surface area contributed by atoms with Gasteiger partial charge in [-0.25, -0.2) is 0 Å².